The summed E-state index contributed by atoms with van der Waals surface area (Å²) in [4.78, 5) is 0. The summed E-state index contributed by atoms with van der Waals surface area (Å²) >= 11 is 0. The Kier molecular flexibility index (Phi) is 4.07. The number of nitrogen functional groups attached to an aromatic ring is 2. The number of fused-ring (bicyclic) bond motifs is 1. The van der Waals surface area contributed by atoms with Gasteiger partial charge in [-0.3, -0.25) is 0 Å². The third-order valence-electron chi connectivity index (χ3n) is 4.08. The molecule has 0 saturated carbocycles. The van der Waals surface area contributed by atoms with Gasteiger partial charge in [0.1, 0.15) is 23.0 Å². The SMILES string of the molecule is Nc1ccccc1Oc1cc(Oc2ccccc2N)c2ccccc2c1. The van der Waals surface area contributed by atoms with Crippen LogP contribution in [0.1, 0.15) is 0 Å². The van der Waals surface area contributed by atoms with Gasteiger partial charge in [0.05, 0.1) is 11.4 Å². The minimum Gasteiger partial charge on any atom is -0.455 e. The third-order valence-corrected chi connectivity index (χ3v) is 4.08. The first-order valence-electron chi connectivity index (χ1n) is 8.28. The Bertz CT molecular complexity index is 1080. The number of benzene rings is 4. The molecule has 4 heteroatoms. The van der Waals surface area contributed by atoms with Crippen LogP contribution in [0.2, 0.25) is 0 Å². The zero-order valence-corrected chi connectivity index (χ0v) is 14.1. The van der Waals surface area contributed by atoms with Crippen LogP contribution < -0.4 is 20.9 Å². The van der Waals surface area contributed by atoms with E-state index in [0.717, 1.165) is 10.8 Å². The van der Waals surface area contributed by atoms with Gasteiger partial charge in [0.25, 0.3) is 0 Å². The molecule has 0 fully saturated rings. The maximum Gasteiger partial charge on any atom is 0.150 e. The lowest BCUT2D eigenvalue weighted by molar-refractivity contribution is 0.466. The van der Waals surface area contributed by atoms with Gasteiger partial charge in [0, 0.05) is 11.5 Å². The summed E-state index contributed by atoms with van der Waals surface area (Å²) in [6.45, 7) is 0. The fraction of sp³-hybridized carbons (Fsp3) is 0. The highest BCUT2D eigenvalue weighted by atomic mass is 16.5. The summed E-state index contributed by atoms with van der Waals surface area (Å²) in [5.41, 5.74) is 13.2. The second-order valence-corrected chi connectivity index (χ2v) is 5.92. The normalized spacial score (nSPS) is 10.6. The van der Waals surface area contributed by atoms with Crippen LogP contribution in [0.25, 0.3) is 10.8 Å². The molecular weight excluding hydrogens is 324 g/mol. The lowest BCUT2D eigenvalue weighted by Crippen LogP contribution is -1.94. The molecule has 0 bridgehead atoms. The number of ether oxygens (including phenoxy) is 2. The van der Waals surface area contributed by atoms with Crippen LogP contribution in [0.15, 0.2) is 84.9 Å². The van der Waals surface area contributed by atoms with Gasteiger partial charge < -0.3 is 20.9 Å². The number of anilines is 2. The Labute approximate surface area is 151 Å². The summed E-state index contributed by atoms with van der Waals surface area (Å²) < 4.78 is 12.1. The lowest BCUT2D eigenvalue weighted by Gasteiger charge is -2.14. The predicted octanol–water partition coefficient (Wildman–Crippen LogP) is 5.59. The van der Waals surface area contributed by atoms with Crippen LogP contribution >= 0.6 is 0 Å². The van der Waals surface area contributed by atoms with Crippen molar-refractivity contribution in [2.75, 3.05) is 11.5 Å². The van der Waals surface area contributed by atoms with E-state index >= 15 is 0 Å². The van der Waals surface area contributed by atoms with E-state index in [2.05, 4.69) is 0 Å². The minimum atomic E-state index is 0.579. The van der Waals surface area contributed by atoms with E-state index in [1.54, 1.807) is 6.07 Å². The molecule has 0 spiro atoms. The van der Waals surface area contributed by atoms with Crippen molar-refractivity contribution < 1.29 is 9.47 Å². The van der Waals surface area contributed by atoms with E-state index in [-0.39, 0.29) is 0 Å². The van der Waals surface area contributed by atoms with Crippen molar-refractivity contribution in [3.05, 3.63) is 84.9 Å². The largest absolute Gasteiger partial charge is 0.455 e. The van der Waals surface area contributed by atoms with Crippen molar-refractivity contribution in [1.82, 2.24) is 0 Å². The molecule has 128 valence electrons. The molecule has 4 aromatic carbocycles. The number of hydrogen-bond acceptors (Lipinski definition) is 4. The summed E-state index contributed by atoms with van der Waals surface area (Å²) in [5.74, 6) is 2.53. The maximum absolute atomic E-state index is 6.09. The van der Waals surface area contributed by atoms with Gasteiger partial charge in [-0.25, -0.2) is 0 Å². The predicted molar refractivity (Wildman–Crippen MR) is 106 cm³/mol. The molecule has 0 aromatic heterocycles. The van der Waals surface area contributed by atoms with Crippen LogP contribution in [0.3, 0.4) is 0 Å². The van der Waals surface area contributed by atoms with Crippen molar-refractivity contribution in [2.24, 2.45) is 0 Å². The molecule has 0 radical (unpaired) electrons. The Balaban J connectivity index is 1.78. The molecule has 0 aliphatic heterocycles. The van der Waals surface area contributed by atoms with Crippen LogP contribution in [0, 0.1) is 0 Å². The number of nitrogens with two attached hydrogens (primary N) is 2. The number of para-hydroxylation sites is 4. The van der Waals surface area contributed by atoms with Crippen LogP contribution in [-0.4, -0.2) is 0 Å². The lowest BCUT2D eigenvalue weighted by atomic mass is 10.1. The molecule has 4 rings (SSSR count). The molecule has 0 aliphatic carbocycles. The summed E-state index contributed by atoms with van der Waals surface area (Å²) in [6.07, 6.45) is 0. The molecule has 0 amide bonds. The van der Waals surface area contributed by atoms with Gasteiger partial charge >= 0.3 is 0 Å². The van der Waals surface area contributed by atoms with E-state index in [1.807, 2.05) is 78.9 Å². The van der Waals surface area contributed by atoms with Crippen LogP contribution in [0.4, 0.5) is 11.4 Å². The topological polar surface area (TPSA) is 70.5 Å². The fourth-order valence-corrected chi connectivity index (χ4v) is 2.78. The van der Waals surface area contributed by atoms with E-state index in [9.17, 15) is 0 Å². The second kappa shape index (κ2) is 6.69. The second-order valence-electron chi connectivity index (χ2n) is 5.92. The summed E-state index contributed by atoms with van der Waals surface area (Å²) in [7, 11) is 0. The summed E-state index contributed by atoms with van der Waals surface area (Å²) in [6, 6.07) is 26.6. The first kappa shape index (κ1) is 15.8. The Morgan fingerprint density at radius 3 is 1.81 bits per heavy atom. The van der Waals surface area contributed by atoms with Crippen molar-refractivity contribution >= 4 is 22.1 Å². The van der Waals surface area contributed by atoms with Crippen LogP contribution in [0.5, 0.6) is 23.0 Å². The molecule has 0 aliphatic rings. The van der Waals surface area contributed by atoms with E-state index in [4.69, 9.17) is 20.9 Å². The van der Waals surface area contributed by atoms with Gasteiger partial charge in [-0.2, -0.15) is 0 Å². The fourth-order valence-electron chi connectivity index (χ4n) is 2.78. The van der Waals surface area contributed by atoms with Gasteiger partial charge in [0.2, 0.25) is 0 Å². The smallest absolute Gasteiger partial charge is 0.150 e. The van der Waals surface area contributed by atoms with Crippen molar-refractivity contribution in [1.29, 1.82) is 0 Å². The third kappa shape index (κ3) is 3.13. The monoisotopic (exact) mass is 342 g/mol. The molecule has 26 heavy (non-hydrogen) atoms. The molecular formula is C22H18N2O2. The molecule has 4 nitrogen and oxygen atoms in total. The highest BCUT2D eigenvalue weighted by Gasteiger charge is 2.10. The van der Waals surface area contributed by atoms with Crippen molar-refractivity contribution in [3.8, 4) is 23.0 Å². The number of hydrogen-bond donors (Lipinski definition) is 2. The highest BCUT2D eigenvalue weighted by molar-refractivity contribution is 5.90. The van der Waals surface area contributed by atoms with Crippen molar-refractivity contribution in [2.45, 2.75) is 0 Å². The van der Waals surface area contributed by atoms with Gasteiger partial charge in [-0.1, -0.05) is 48.5 Å². The molecule has 0 heterocycles. The van der Waals surface area contributed by atoms with Gasteiger partial charge in [0.15, 0.2) is 0 Å². The number of rotatable bonds is 4. The van der Waals surface area contributed by atoms with Crippen LogP contribution in [-0.2, 0) is 0 Å². The van der Waals surface area contributed by atoms with Gasteiger partial charge in [-0.15, -0.1) is 0 Å². The molecule has 4 aromatic rings. The van der Waals surface area contributed by atoms with E-state index in [0.29, 0.717) is 34.4 Å². The highest BCUT2D eigenvalue weighted by Crippen LogP contribution is 2.38. The van der Waals surface area contributed by atoms with Gasteiger partial charge in [-0.05, 0) is 35.7 Å². The first-order valence-corrected chi connectivity index (χ1v) is 8.28. The van der Waals surface area contributed by atoms with E-state index < -0.39 is 0 Å². The minimum absolute atomic E-state index is 0.579. The first-order chi connectivity index (χ1) is 12.7. The standard InChI is InChI=1S/C22H18N2O2/c23-18-9-3-5-11-20(18)25-16-13-15-7-1-2-8-17(15)22(14-16)26-21-12-6-4-10-19(21)24/h1-14H,23-24H2. The molecule has 0 atom stereocenters. The maximum atomic E-state index is 6.09. The molecule has 4 N–H and O–H groups in total. The molecule has 0 unspecified atom stereocenters. The average Bonchev–Trinajstić information content (AvgIpc) is 2.65. The Morgan fingerprint density at radius 2 is 1.12 bits per heavy atom. The zero-order chi connectivity index (χ0) is 17.9. The quantitative estimate of drug-likeness (QED) is 0.474. The molecule has 0 saturated heterocycles. The Hall–Kier alpha value is -3.66. The zero-order valence-electron chi connectivity index (χ0n) is 14.1. The Morgan fingerprint density at radius 1 is 0.538 bits per heavy atom. The summed E-state index contributed by atoms with van der Waals surface area (Å²) in [5, 5.41) is 1.98. The van der Waals surface area contributed by atoms with Crippen molar-refractivity contribution in [3.63, 3.8) is 0 Å². The van der Waals surface area contributed by atoms with E-state index in [1.165, 1.54) is 0 Å². The average molecular weight is 342 g/mol.